The highest BCUT2D eigenvalue weighted by Gasteiger charge is 2.34. The predicted octanol–water partition coefficient (Wildman–Crippen LogP) is 4.28. The molecule has 4 nitrogen and oxygen atoms in total. The van der Waals surface area contributed by atoms with E-state index in [1.807, 2.05) is 6.07 Å². The number of aromatic nitrogens is 1. The van der Waals surface area contributed by atoms with E-state index in [0.29, 0.717) is 0 Å². The van der Waals surface area contributed by atoms with Crippen molar-refractivity contribution in [3.8, 4) is 5.75 Å². The smallest absolute Gasteiger partial charge is 0.119 e. The van der Waals surface area contributed by atoms with E-state index < -0.39 is 5.60 Å². The van der Waals surface area contributed by atoms with Crippen molar-refractivity contribution < 1.29 is 9.84 Å². The summed E-state index contributed by atoms with van der Waals surface area (Å²) in [5.74, 6) is 0.886. The van der Waals surface area contributed by atoms with Crippen LogP contribution in [0.1, 0.15) is 35.2 Å². The van der Waals surface area contributed by atoms with Gasteiger partial charge in [-0.05, 0) is 56.0 Å². The Morgan fingerprint density at radius 2 is 1.78 bits per heavy atom. The first-order valence-corrected chi connectivity index (χ1v) is 9.65. The van der Waals surface area contributed by atoms with Crippen molar-refractivity contribution in [2.24, 2.45) is 0 Å². The van der Waals surface area contributed by atoms with Gasteiger partial charge in [-0.3, -0.25) is 4.90 Å². The molecule has 0 saturated carbocycles. The van der Waals surface area contributed by atoms with E-state index in [1.54, 1.807) is 7.11 Å². The fourth-order valence-electron chi connectivity index (χ4n) is 4.10. The molecule has 0 spiro atoms. The molecule has 0 aliphatic carbocycles. The second kappa shape index (κ2) is 7.02. The maximum atomic E-state index is 11.1. The second-order valence-electron chi connectivity index (χ2n) is 7.81. The summed E-state index contributed by atoms with van der Waals surface area (Å²) in [6, 6.07) is 14.5. The lowest BCUT2D eigenvalue weighted by molar-refractivity contribution is -0.0279. The zero-order chi connectivity index (χ0) is 19.0. The van der Waals surface area contributed by atoms with Gasteiger partial charge in [0.15, 0.2) is 0 Å². The van der Waals surface area contributed by atoms with E-state index in [4.69, 9.17) is 4.74 Å². The Morgan fingerprint density at radius 1 is 1.07 bits per heavy atom. The SMILES string of the molecule is COc1ccc2[nH]c(CN3CCC(O)(c4ccc(C)cc4)CC3)c(C)c2c1. The van der Waals surface area contributed by atoms with Crippen LogP contribution in [0.25, 0.3) is 10.9 Å². The van der Waals surface area contributed by atoms with Gasteiger partial charge in [-0.25, -0.2) is 0 Å². The predicted molar refractivity (Wildman–Crippen MR) is 109 cm³/mol. The monoisotopic (exact) mass is 364 g/mol. The number of H-pyrrole nitrogens is 1. The number of hydrogen-bond acceptors (Lipinski definition) is 3. The number of aryl methyl sites for hydroxylation is 2. The topological polar surface area (TPSA) is 48.5 Å². The lowest BCUT2D eigenvalue weighted by Crippen LogP contribution is -2.42. The van der Waals surface area contributed by atoms with Crippen LogP contribution in [0.3, 0.4) is 0 Å². The van der Waals surface area contributed by atoms with Gasteiger partial charge < -0.3 is 14.8 Å². The van der Waals surface area contributed by atoms with E-state index in [2.05, 4.69) is 60.1 Å². The molecule has 2 heterocycles. The Labute approximate surface area is 160 Å². The second-order valence-corrected chi connectivity index (χ2v) is 7.81. The van der Waals surface area contributed by atoms with Gasteiger partial charge in [0.1, 0.15) is 5.75 Å². The van der Waals surface area contributed by atoms with E-state index in [9.17, 15) is 5.11 Å². The summed E-state index contributed by atoms with van der Waals surface area (Å²) >= 11 is 0. The molecule has 0 radical (unpaired) electrons. The van der Waals surface area contributed by atoms with Crippen molar-refractivity contribution in [1.29, 1.82) is 0 Å². The molecule has 2 aromatic carbocycles. The van der Waals surface area contributed by atoms with Gasteiger partial charge in [0, 0.05) is 36.2 Å². The van der Waals surface area contributed by atoms with Crippen molar-refractivity contribution in [3.63, 3.8) is 0 Å². The highest BCUT2D eigenvalue weighted by Crippen LogP contribution is 2.34. The first-order chi connectivity index (χ1) is 13.0. The van der Waals surface area contributed by atoms with E-state index >= 15 is 0 Å². The highest BCUT2D eigenvalue weighted by atomic mass is 16.5. The molecule has 27 heavy (non-hydrogen) atoms. The van der Waals surface area contributed by atoms with Crippen LogP contribution in [0.15, 0.2) is 42.5 Å². The number of ether oxygens (including phenoxy) is 1. The molecule has 1 aliphatic rings. The Hall–Kier alpha value is -2.30. The Balaban J connectivity index is 1.47. The molecular weight excluding hydrogens is 336 g/mol. The fraction of sp³-hybridized carbons (Fsp3) is 0.391. The maximum absolute atomic E-state index is 11.1. The van der Waals surface area contributed by atoms with Gasteiger partial charge in [0.25, 0.3) is 0 Å². The average molecular weight is 364 g/mol. The van der Waals surface area contributed by atoms with E-state index in [1.165, 1.54) is 22.2 Å². The Kier molecular flexibility index (Phi) is 4.70. The molecule has 1 saturated heterocycles. The van der Waals surface area contributed by atoms with Gasteiger partial charge >= 0.3 is 0 Å². The molecular formula is C23H28N2O2. The number of benzene rings is 2. The first-order valence-electron chi connectivity index (χ1n) is 9.65. The quantitative estimate of drug-likeness (QED) is 0.726. The van der Waals surface area contributed by atoms with Gasteiger partial charge in [-0.2, -0.15) is 0 Å². The van der Waals surface area contributed by atoms with Crippen LogP contribution in [-0.4, -0.2) is 35.2 Å². The zero-order valence-corrected chi connectivity index (χ0v) is 16.4. The van der Waals surface area contributed by atoms with Crippen LogP contribution >= 0.6 is 0 Å². The molecule has 0 atom stereocenters. The van der Waals surface area contributed by atoms with Crippen LogP contribution in [0.5, 0.6) is 5.75 Å². The van der Waals surface area contributed by atoms with E-state index in [-0.39, 0.29) is 0 Å². The third-order valence-corrected chi connectivity index (χ3v) is 6.02. The highest BCUT2D eigenvalue weighted by molar-refractivity contribution is 5.85. The van der Waals surface area contributed by atoms with Crippen LogP contribution in [0.4, 0.5) is 0 Å². The minimum Gasteiger partial charge on any atom is -0.497 e. The lowest BCUT2D eigenvalue weighted by atomic mass is 9.84. The normalized spacial score (nSPS) is 17.3. The number of nitrogens with zero attached hydrogens (tertiary/aromatic N) is 1. The van der Waals surface area contributed by atoms with Gasteiger partial charge in [-0.15, -0.1) is 0 Å². The summed E-state index contributed by atoms with van der Waals surface area (Å²) < 4.78 is 5.36. The van der Waals surface area contributed by atoms with Gasteiger partial charge in [0.2, 0.25) is 0 Å². The number of nitrogens with one attached hydrogen (secondary N) is 1. The Bertz CT molecular complexity index is 935. The Morgan fingerprint density at radius 3 is 2.44 bits per heavy atom. The summed E-state index contributed by atoms with van der Waals surface area (Å²) in [6.07, 6.45) is 1.53. The van der Waals surface area contributed by atoms with Crippen LogP contribution in [0.2, 0.25) is 0 Å². The van der Waals surface area contributed by atoms with Crippen molar-refractivity contribution in [3.05, 3.63) is 64.8 Å². The summed E-state index contributed by atoms with van der Waals surface area (Å²) in [7, 11) is 1.70. The van der Waals surface area contributed by atoms with E-state index in [0.717, 1.165) is 49.3 Å². The van der Waals surface area contributed by atoms with Crippen LogP contribution < -0.4 is 4.74 Å². The molecule has 3 aromatic rings. The number of rotatable bonds is 4. The first kappa shape index (κ1) is 18.1. The number of aliphatic hydroxyl groups is 1. The standard InChI is InChI=1S/C23H28N2O2/c1-16-4-6-18(7-5-16)23(26)10-12-25(13-11-23)15-22-17(2)20-14-19(27-3)8-9-21(20)24-22/h4-9,14,24,26H,10-13,15H2,1-3H3. The third kappa shape index (κ3) is 3.47. The number of piperidine rings is 1. The molecule has 2 N–H and O–H groups in total. The number of fused-ring (bicyclic) bond motifs is 1. The van der Waals surface area contributed by atoms with Crippen molar-refractivity contribution in [1.82, 2.24) is 9.88 Å². The third-order valence-electron chi connectivity index (χ3n) is 6.02. The largest absolute Gasteiger partial charge is 0.497 e. The number of hydrogen-bond donors (Lipinski definition) is 2. The van der Waals surface area contributed by atoms with Gasteiger partial charge in [0.05, 0.1) is 12.7 Å². The van der Waals surface area contributed by atoms with Crippen LogP contribution in [0, 0.1) is 13.8 Å². The molecule has 142 valence electrons. The minimum absolute atomic E-state index is 0.701. The molecule has 1 aliphatic heterocycles. The molecule has 0 unspecified atom stereocenters. The van der Waals surface area contributed by atoms with Crippen LogP contribution in [-0.2, 0) is 12.1 Å². The summed E-state index contributed by atoms with van der Waals surface area (Å²) in [6.45, 7) is 6.91. The summed E-state index contributed by atoms with van der Waals surface area (Å²) in [5.41, 5.74) is 5.25. The average Bonchev–Trinajstić information content (AvgIpc) is 2.99. The number of aromatic amines is 1. The number of methoxy groups -OCH3 is 1. The van der Waals surface area contributed by atoms with Crippen molar-refractivity contribution in [2.45, 2.75) is 38.8 Å². The molecule has 4 heteroatoms. The van der Waals surface area contributed by atoms with Gasteiger partial charge in [-0.1, -0.05) is 29.8 Å². The lowest BCUT2D eigenvalue weighted by Gasteiger charge is -2.38. The summed E-state index contributed by atoms with van der Waals surface area (Å²) in [4.78, 5) is 5.99. The molecule has 4 rings (SSSR count). The number of likely N-dealkylation sites (tertiary alicyclic amines) is 1. The zero-order valence-electron chi connectivity index (χ0n) is 16.4. The maximum Gasteiger partial charge on any atom is 0.119 e. The molecule has 1 fully saturated rings. The molecule has 1 aromatic heterocycles. The molecule has 0 bridgehead atoms. The summed E-state index contributed by atoms with van der Waals surface area (Å²) in [5, 5.41) is 12.3. The van der Waals surface area contributed by atoms with Crippen molar-refractivity contribution in [2.75, 3.05) is 20.2 Å². The minimum atomic E-state index is -0.701. The molecule has 0 amide bonds. The fourth-order valence-corrected chi connectivity index (χ4v) is 4.10. The van der Waals surface area contributed by atoms with Crippen molar-refractivity contribution >= 4 is 10.9 Å².